The summed E-state index contributed by atoms with van der Waals surface area (Å²) in [5.41, 5.74) is 1.57. The molecule has 2 aromatic carbocycles. The van der Waals surface area contributed by atoms with Crippen molar-refractivity contribution in [2.45, 2.75) is 103 Å². The van der Waals surface area contributed by atoms with Crippen molar-refractivity contribution in [3.05, 3.63) is 75.3 Å². The van der Waals surface area contributed by atoms with Crippen LogP contribution in [0.4, 0.5) is 5.69 Å². The normalized spacial score (nSPS) is 22.4. The molecule has 1 saturated heterocycles. The lowest BCUT2D eigenvalue weighted by Crippen LogP contribution is -2.64. The fraction of sp³-hybridized carbons (Fsp3) is 0.514. The highest BCUT2D eigenvalue weighted by atomic mass is 35.5. The summed E-state index contributed by atoms with van der Waals surface area (Å²) in [6.07, 6.45) is 2.54. The predicted octanol–water partition coefficient (Wildman–Crippen LogP) is 8.16. The molecule has 7 nitrogen and oxygen atoms in total. The lowest BCUT2D eigenvalue weighted by Gasteiger charge is -2.52. The van der Waals surface area contributed by atoms with Crippen molar-refractivity contribution in [3.63, 3.8) is 0 Å². The van der Waals surface area contributed by atoms with E-state index in [9.17, 15) is 14.4 Å². The van der Waals surface area contributed by atoms with Crippen LogP contribution in [0.3, 0.4) is 0 Å². The largest absolute Gasteiger partial charge is 0.459 e. The Kier molecular flexibility index (Phi) is 11.8. The summed E-state index contributed by atoms with van der Waals surface area (Å²) < 4.78 is 10.8. The van der Waals surface area contributed by atoms with Crippen molar-refractivity contribution in [2.24, 2.45) is 0 Å². The van der Waals surface area contributed by atoms with E-state index in [0.29, 0.717) is 27.9 Å². The molecule has 0 bridgehead atoms. The van der Waals surface area contributed by atoms with Gasteiger partial charge in [-0.05, 0) is 76.4 Å². The highest BCUT2D eigenvalue weighted by Crippen LogP contribution is 2.57. The van der Waals surface area contributed by atoms with Crippen LogP contribution in [0.15, 0.2) is 54.1 Å². The third kappa shape index (κ3) is 8.02. The molecule has 2 aromatic rings. The summed E-state index contributed by atoms with van der Waals surface area (Å²) in [4.78, 5) is 42.6. The van der Waals surface area contributed by atoms with Gasteiger partial charge in [0.15, 0.2) is 0 Å². The van der Waals surface area contributed by atoms with Gasteiger partial charge in [0.1, 0.15) is 17.6 Å². The second-order valence-electron chi connectivity index (χ2n) is 13.8. The SMILES string of the molecule is CC=C(CC)C1N(CC(=O)OC(C)(C)C)C(=O)CC(c2cccc(Cl)c2)C12C(=O)Nc1cc(Cl)ccc12.COC(C)[Si](C)(C)C. The van der Waals surface area contributed by atoms with Gasteiger partial charge in [-0.1, -0.05) is 79.6 Å². The average Bonchev–Trinajstić information content (AvgIpc) is 3.21. The van der Waals surface area contributed by atoms with E-state index in [1.54, 1.807) is 46.1 Å². The number of halogens is 2. The monoisotopic (exact) mass is 674 g/mol. The Balaban J connectivity index is 0.000000610. The number of nitrogens with one attached hydrogen (secondary N) is 1. The second kappa shape index (κ2) is 14.4. The van der Waals surface area contributed by atoms with Gasteiger partial charge in [-0.3, -0.25) is 14.4 Å². The first-order chi connectivity index (χ1) is 20.9. The van der Waals surface area contributed by atoms with Gasteiger partial charge < -0.3 is 19.7 Å². The number of nitrogens with zero attached hydrogens (tertiary/aromatic N) is 1. The van der Waals surface area contributed by atoms with Crippen LogP contribution in [0.2, 0.25) is 29.7 Å². The maximum absolute atomic E-state index is 14.2. The third-order valence-electron chi connectivity index (χ3n) is 8.72. The van der Waals surface area contributed by atoms with E-state index in [1.165, 1.54) is 4.90 Å². The van der Waals surface area contributed by atoms with E-state index in [1.807, 2.05) is 44.2 Å². The van der Waals surface area contributed by atoms with E-state index in [4.69, 9.17) is 32.7 Å². The molecular weight excluding hydrogens is 627 g/mol. The number of amides is 2. The summed E-state index contributed by atoms with van der Waals surface area (Å²) in [7, 11) is 0.798. The Morgan fingerprint density at radius 2 is 1.78 bits per heavy atom. The number of carbonyl (C=O) groups excluding carboxylic acids is 3. The van der Waals surface area contributed by atoms with Crippen LogP contribution in [-0.4, -0.2) is 61.8 Å². The Bertz CT molecular complexity index is 1450. The number of hydrogen-bond acceptors (Lipinski definition) is 5. The smallest absolute Gasteiger partial charge is 0.326 e. The molecular formula is C35H48Cl2N2O5Si. The molecule has 2 amide bonds. The van der Waals surface area contributed by atoms with Crippen molar-refractivity contribution >= 4 is 54.7 Å². The highest BCUT2D eigenvalue weighted by molar-refractivity contribution is 6.77. The molecule has 1 N–H and O–H groups in total. The average molecular weight is 676 g/mol. The molecule has 45 heavy (non-hydrogen) atoms. The molecule has 10 heteroatoms. The number of piperidine rings is 1. The Hall–Kier alpha value is -2.65. The molecule has 0 radical (unpaired) electrons. The minimum atomic E-state index is -1.21. The van der Waals surface area contributed by atoms with Crippen molar-refractivity contribution in [3.8, 4) is 0 Å². The van der Waals surface area contributed by atoms with Crippen LogP contribution >= 0.6 is 23.2 Å². The van der Waals surface area contributed by atoms with E-state index in [-0.39, 0.29) is 24.8 Å². The van der Waals surface area contributed by atoms with Gasteiger partial charge in [0.25, 0.3) is 0 Å². The first kappa shape index (κ1) is 36.8. The molecule has 0 aliphatic carbocycles. The number of ether oxygens (including phenoxy) is 2. The van der Waals surface area contributed by atoms with Crippen LogP contribution in [0.5, 0.6) is 0 Å². The van der Waals surface area contributed by atoms with Crippen molar-refractivity contribution in [2.75, 3.05) is 19.0 Å². The molecule has 4 atom stereocenters. The van der Waals surface area contributed by atoms with Crippen molar-refractivity contribution in [1.29, 1.82) is 0 Å². The lowest BCUT2D eigenvalue weighted by atomic mass is 9.58. The Morgan fingerprint density at radius 3 is 2.29 bits per heavy atom. The molecule has 1 fully saturated rings. The molecule has 4 rings (SSSR count). The molecule has 2 aliphatic rings. The first-order valence-corrected chi connectivity index (χ1v) is 19.8. The zero-order valence-electron chi connectivity index (χ0n) is 28.2. The van der Waals surface area contributed by atoms with Gasteiger partial charge in [0, 0.05) is 40.9 Å². The number of allylic oxidation sites excluding steroid dienone is 1. The molecule has 4 unspecified atom stereocenters. The molecule has 1 spiro atoms. The zero-order chi connectivity index (χ0) is 33.9. The van der Waals surface area contributed by atoms with Crippen LogP contribution in [0, 0.1) is 0 Å². The first-order valence-electron chi connectivity index (χ1n) is 15.5. The third-order valence-corrected chi connectivity index (χ3v) is 11.9. The van der Waals surface area contributed by atoms with Gasteiger partial charge in [-0.15, -0.1) is 0 Å². The number of esters is 1. The summed E-state index contributed by atoms with van der Waals surface area (Å²) >= 11 is 12.7. The van der Waals surface area contributed by atoms with Gasteiger partial charge in [0.05, 0.1) is 14.1 Å². The van der Waals surface area contributed by atoms with Crippen LogP contribution in [0.25, 0.3) is 0 Å². The number of likely N-dealkylation sites (tertiary alicyclic amines) is 1. The van der Waals surface area contributed by atoms with Crippen LogP contribution < -0.4 is 5.32 Å². The highest BCUT2D eigenvalue weighted by Gasteiger charge is 2.63. The number of carbonyl (C=O) groups is 3. The summed E-state index contributed by atoms with van der Waals surface area (Å²) in [5.74, 6) is -1.52. The number of hydrogen-bond donors (Lipinski definition) is 1. The standard InChI is InChI=1S/C29H32Cl2N2O4.C6H16OSi/c1-6-17(7-2)26-29(21-12-11-20(31)14-23(21)32-27(29)36)22(18-9-8-10-19(30)13-18)15-24(34)33(26)16-25(35)37-28(3,4)5;1-6(7-2)8(3,4)5/h6,8-14,22,26H,7,15-16H2,1-5H3,(H,32,36);6H,1-5H3. The number of benzene rings is 2. The zero-order valence-corrected chi connectivity index (χ0v) is 30.7. The molecule has 246 valence electrons. The molecule has 2 aliphatic heterocycles. The van der Waals surface area contributed by atoms with Crippen LogP contribution in [-0.2, 0) is 29.3 Å². The van der Waals surface area contributed by atoms with Gasteiger partial charge >= 0.3 is 5.97 Å². The fourth-order valence-electron chi connectivity index (χ4n) is 6.18. The number of rotatable bonds is 7. The molecule has 0 saturated carbocycles. The number of fused-ring (bicyclic) bond motifs is 2. The topological polar surface area (TPSA) is 84.9 Å². The Labute approximate surface area is 279 Å². The molecule has 0 aromatic heterocycles. The van der Waals surface area contributed by atoms with Crippen molar-refractivity contribution < 1.29 is 23.9 Å². The van der Waals surface area contributed by atoms with Gasteiger partial charge in [-0.2, -0.15) is 0 Å². The summed E-state index contributed by atoms with van der Waals surface area (Å²) in [6, 6.07) is 11.9. The quantitative estimate of drug-likeness (QED) is 0.182. The Morgan fingerprint density at radius 1 is 1.13 bits per heavy atom. The van der Waals surface area contributed by atoms with E-state index in [0.717, 1.165) is 16.7 Å². The minimum Gasteiger partial charge on any atom is -0.459 e. The van der Waals surface area contributed by atoms with E-state index >= 15 is 0 Å². The number of anilines is 1. The minimum absolute atomic E-state index is 0.0236. The summed E-state index contributed by atoms with van der Waals surface area (Å²) in [6.45, 7) is 18.0. The van der Waals surface area contributed by atoms with Gasteiger partial charge in [0.2, 0.25) is 11.8 Å². The van der Waals surface area contributed by atoms with Gasteiger partial charge in [-0.25, -0.2) is 0 Å². The van der Waals surface area contributed by atoms with E-state index < -0.39 is 37.0 Å². The predicted molar refractivity (Wildman–Crippen MR) is 186 cm³/mol. The van der Waals surface area contributed by atoms with Crippen LogP contribution in [0.1, 0.15) is 71.4 Å². The molecule has 2 heterocycles. The van der Waals surface area contributed by atoms with Crippen molar-refractivity contribution in [1.82, 2.24) is 4.90 Å². The maximum Gasteiger partial charge on any atom is 0.326 e. The number of methoxy groups -OCH3 is 1. The summed E-state index contributed by atoms with van der Waals surface area (Å²) in [5, 5.41) is 4.05. The second-order valence-corrected chi connectivity index (χ2v) is 20.2. The maximum atomic E-state index is 14.2. The lowest BCUT2D eigenvalue weighted by molar-refractivity contribution is -0.163. The van der Waals surface area contributed by atoms with E-state index in [2.05, 4.69) is 31.9 Å². The fourth-order valence-corrected chi connectivity index (χ4v) is 7.26.